The number of amides is 3. The van der Waals surface area contributed by atoms with Crippen molar-refractivity contribution in [3.63, 3.8) is 0 Å². The summed E-state index contributed by atoms with van der Waals surface area (Å²) in [6.07, 6.45) is 0. The summed E-state index contributed by atoms with van der Waals surface area (Å²) in [5.74, 6) is -2.81. The van der Waals surface area contributed by atoms with Gasteiger partial charge in [0.1, 0.15) is 21.5 Å². The molecule has 6 nitrogen and oxygen atoms in total. The Morgan fingerprint density at radius 1 is 0.861 bits per heavy atom. The normalized spacial score (nSPS) is 28.3. The van der Waals surface area contributed by atoms with Crippen LogP contribution >= 0.6 is 23.2 Å². The van der Waals surface area contributed by atoms with Gasteiger partial charge >= 0.3 is 0 Å². The van der Waals surface area contributed by atoms with Crippen molar-refractivity contribution in [2.45, 2.75) is 22.7 Å². The van der Waals surface area contributed by atoms with Crippen LogP contribution in [0, 0.1) is 11.8 Å². The van der Waals surface area contributed by atoms with Crippen LogP contribution in [0.25, 0.3) is 0 Å². The van der Waals surface area contributed by atoms with Crippen LogP contribution in [0.4, 0.5) is 5.69 Å². The average molecular weight is 521 g/mol. The molecule has 3 atom stereocenters. The van der Waals surface area contributed by atoms with E-state index in [-0.39, 0.29) is 0 Å². The molecule has 2 bridgehead atoms. The SMILES string of the molecule is COc1cccc(NC(=O)[C@@H](C)N2C(=O)[C@@H]3[C@H](C2=O)C2(Cl)c4ccccc4C3(Cl)c3ccccc32)c1. The van der Waals surface area contributed by atoms with E-state index in [0.29, 0.717) is 11.4 Å². The Labute approximate surface area is 218 Å². The topological polar surface area (TPSA) is 75.7 Å². The van der Waals surface area contributed by atoms with E-state index in [1.54, 1.807) is 24.3 Å². The molecule has 0 spiro atoms. The molecule has 0 saturated carbocycles. The highest BCUT2D eigenvalue weighted by Gasteiger charge is 2.73. The van der Waals surface area contributed by atoms with Gasteiger partial charge in [0.25, 0.3) is 0 Å². The minimum atomic E-state index is -1.28. The second kappa shape index (κ2) is 7.82. The van der Waals surface area contributed by atoms with Crippen molar-refractivity contribution in [3.8, 4) is 5.75 Å². The Morgan fingerprint density at radius 3 is 1.78 bits per heavy atom. The molecular formula is C28H22Cl2N2O4. The average Bonchev–Trinajstić information content (AvgIpc) is 3.17. The van der Waals surface area contributed by atoms with E-state index in [2.05, 4.69) is 5.32 Å². The van der Waals surface area contributed by atoms with Crippen molar-refractivity contribution in [2.75, 3.05) is 12.4 Å². The molecule has 3 aromatic rings. The predicted octanol–water partition coefficient (Wildman–Crippen LogP) is 4.62. The number of anilines is 1. The molecule has 0 radical (unpaired) electrons. The summed E-state index contributed by atoms with van der Waals surface area (Å²) in [4.78, 5) is 39.6. The maximum absolute atomic E-state index is 14.0. The standard InChI is InChI=1S/C28H22Cl2N2O4/c1-15(24(33)31-16-8-7-9-17(14-16)36-2)32-25(34)22-23(26(32)35)28(30)19-11-4-3-10-18(19)27(22,29)20-12-5-6-13-21(20)28/h3-15,22-23H,1-2H3,(H,31,33)/t15-,22-,23+,27?,28?/m1/s1. The first-order chi connectivity index (χ1) is 17.2. The van der Waals surface area contributed by atoms with E-state index >= 15 is 0 Å². The lowest BCUT2D eigenvalue weighted by Crippen LogP contribution is -2.57. The predicted molar refractivity (Wildman–Crippen MR) is 136 cm³/mol. The molecule has 3 aliphatic carbocycles. The first-order valence-electron chi connectivity index (χ1n) is 11.6. The van der Waals surface area contributed by atoms with Crippen LogP contribution < -0.4 is 10.1 Å². The van der Waals surface area contributed by atoms with Crippen LogP contribution in [0.15, 0.2) is 72.8 Å². The number of carbonyl (C=O) groups excluding carboxylic acids is 3. The Balaban J connectivity index is 1.43. The van der Waals surface area contributed by atoms with Crippen molar-refractivity contribution < 1.29 is 19.1 Å². The lowest BCUT2D eigenvalue weighted by atomic mass is 9.54. The van der Waals surface area contributed by atoms with Crippen LogP contribution in [0.1, 0.15) is 29.2 Å². The molecule has 36 heavy (non-hydrogen) atoms. The molecule has 3 amide bonds. The quantitative estimate of drug-likeness (QED) is 0.402. The maximum Gasteiger partial charge on any atom is 0.247 e. The number of likely N-dealkylation sites (tertiary alicyclic amines) is 1. The fraction of sp³-hybridized carbons (Fsp3) is 0.250. The van der Waals surface area contributed by atoms with Gasteiger partial charge in [-0.1, -0.05) is 54.6 Å². The summed E-state index contributed by atoms with van der Waals surface area (Å²) in [7, 11) is 1.53. The summed E-state index contributed by atoms with van der Waals surface area (Å²) in [5, 5.41) is 2.78. The number of rotatable bonds is 4. The number of nitrogens with one attached hydrogen (secondary N) is 1. The highest BCUT2D eigenvalue weighted by Crippen LogP contribution is 2.69. The van der Waals surface area contributed by atoms with Crippen molar-refractivity contribution in [2.24, 2.45) is 11.8 Å². The Hall–Kier alpha value is -3.35. The molecule has 8 heteroatoms. The van der Waals surface area contributed by atoms with Crippen molar-refractivity contribution in [3.05, 3.63) is 95.1 Å². The molecule has 1 N–H and O–H groups in total. The third-order valence-corrected chi connectivity index (χ3v) is 9.01. The first kappa shape index (κ1) is 23.1. The van der Waals surface area contributed by atoms with Crippen LogP contribution in [-0.2, 0) is 24.1 Å². The highest BCUT2D eigenvalue weighted by molar-refractivity contribution is 6.36. The highest BCUT2D eigenvalue weighted by atomic mass is 35.5. The van der Waals surface area contributed by atoms with E-state index in [1.807, 2.05) is 48.5 Å². The molecule has 0 aromatic heterocycles. The number of benzene rings is 3. The summed E-state index contributed by atoms with van der Waals surface area (Å²) < 4.78 is 5.21. The van der Waals surface area contributed by atoms with Crippen molar-refractivity contribution >= 4 is 46.6 Å². The van der Waals surface area contributed by atoms with Gasteiger partial charge in [-0.15, -0.1) is 23.2 Å². The van der Waals surface area contributed by atoms with E-state index in [4.69, 9.17) is 27.9 Å². The van der Waals surface area contributed by atoms with Gasteiger partial charge in [-0.05, 0) is 41.3 Å². The fourth-order valence-corrected chi connectivity index (χ4v) is 7.23. The monoisotopic (exact) mass is 520 g/mol. The summed E-state index contributed by atoms with van der Waals surface area (Å²) in [5.41, 5.74) is 3.37. The molecule has 4 aliphatic rings. The molecule has 1 fully saturated rings. The molecule has 1 heterocycles. The number of methoxy groups -OCH3 is 1. The number of hydrogen-bond donors (Lipinski definition) is 1. The molecule has 1 aliphatic heterocycles. The van der Waals surface area contributed by atoms with Crippen LogP contribution in [0.5, 0.6) is 5.75 Å². The fourth-order valence-electron chi connectivity index (χ4n) is 6.14. The third kappa shape index (κ3) is 2.77. The zero-order valence-corrected chi connectivity index (χ0v) is 21.0. The number of halogens is 2. The second-order valence-corrected chi connectivity index (χ2v) is 10.6. The number of carbonyl (C=O) groups is 3. The van der Waals surface area contributed by atoms with Gasteiger partial charge in [-0.25, -0.2) is 0 Å². The summed E-state index contributed by atoms with van der Waals surface area (Å²) in [6.45, 7) is 1.53. The largest absolute Gasteiger partial charge is 0.497 e. The maximum atomic E-state index is 14.0. The van der Waals surface area contributed by atoms with E-state index in [9.17, 15) is 14.4 Å². The lowest BCUT2D eigenvalue weighted by molar-refractivity contribution is -0.146. The number of hydrogen-bond acceptors (Lipinski definition) is 4. The van der Waals surface area contributed by atoms with E-state index < -0.39 is 45.3 Å². The Morgan fingerprint density at radius 2 is 1.33 bits per heavy atom. The van der Waals surface area contributed by atoms with Crippen LogP contribution in [-0.4, -0.2) is 35.8 Å². The lowest BCUT2D eigenvalue weighted by Gasteiger charge is -2.54. The summed E-state index contributed by atoms with van der Waals surface area (Å²) >= 11 is 14.8. The van der Waals surface area contributed by atoms with Gasteiger partial charge in [-0.3, -0.25) is 19.3 Å². The smallest absolute Gasteiger partial charge is 0.247 e. The molecule has 182 valence electrons. The van der Waals surface area contributed by atoms with Crippen molar-refractivity contribution in [1.82, 2.24) is 4.90 Å². The summed E-state index contributed by atoms with van der Waals surface area (Å²) in [6, 6.07) is 20.6. The third-order valence-electron chi connectivity index (χ3n) is 7.72. The van der Waals surface area contributed by atoms with E-state index in [0.717, 1.165) is 27.2 Å². The number of imide groups is 1. The van der Waals surface area contributed by atoms with Gasteiger partial charge < -0.3 is 10.1 Å². The zero-order valence-electron chi connectivity index (χ0n) is 19.5. The Bertz CT molecular complexity index is 1330. The van der Waals surface area contributed by atoms with Crippen LogP contribution in [0.3, 0.4) is 0 Å². The Kier molecular flexibility index (Phi) is 5.01. The number of nitrogens with zero attached hydrogens (tertiary/aromatic N) is 1. The second-order valence-electron chi connectivity index (χ2n) is 9.41. The minimum Gasteiger partial charge on any atom is -0.497 e. The number of alkyl halides is 2. The molecule has 3 aromatic carbocycles. The number of ether oxygens (including phenoxy) is 1. The van der Waals surface area contributed by atoms with Gasteiger partial charge in [-0.2, -0.15) is 0 Å². The van der Waals surface area contributed by atoms with Gasteiger partial charge in [0.15, 0.2) is 0 Å². The van der Waals surface area contributed by atoms with Gasteiger partial charge in [0.2, 0.25) is 17.7 Å². The van der Waals surface area contributed by atoms with Crippen LogP contribution in [0.2, 0.25) is 0 Å². The van der Waals surface area contributed by atoms with Gasteiger partial charge in [0.05, 0.1) is 18.9 Å². The first-order valence-corrected chi connectivity index (χ1v) is 12.4. The van der Waals surface area contributed by atoms with E-state index in [1.165, 1.54) is 14.0 Å². The van der Waals surface area contributed by atoms with Gasteiger partial charge in [0, 0.05) is 11.8 Å². The molecular weight excluding hydrogens is 499 g/mol. The zero-order chi connectivity index (χ0) is 25.4. The minimum absolute atomic E-state index is 0.491. The molecule has 1 saturated heterocycles. The van der Waals surface area contributed by atoms with Crippen molar-refractivity contribution in [1.29, 1.82) is 0 Å². The molecule has 7 rings (SSSR count). The molecule has 0 unspecified atom stereocenters.